The van der Waals surface area contributed by atoms with Gasteiger partial charge in [0.05, 0.1) is 7.11 Å². The Morgan fingerprint density at radius 1 is 1.10 bits per heavy atom. The van der Waals surface area contributed by atoms with Gasteiger partial charge in [-0.15, -0.1) is 0 Å². The van der Waals surface area contributed by atoms with E-state index in [1.165, 1.54) is 30.2 Å². The average molecular weight is 405 g/mol. The van der Waals surface area contributed by atoms with E-state index in [1.54, 1.807) is 20.8 Å². The van der Waals surface area contributed by atoms with Gasteiger partial charge in [-0.1, -0.05) is 12.1 Å². The van der Waals surface area contributed by atoms with Gasteiger partial charge >= 0.3 is 12.1 Å². The molecular formula is C23H36N2O4. The van der Waals surface area contributed by atoms with Crippen molar-refractivity contribution in [3.63, 3.8) is 0 Å². The summed E-state index contributed by atoms with van der Waals surface area (Å²) in [4.78, 5) is 24.5. The molecule has 29 heavy (non-hydrogen) atoms. The van der Waals surface area contributed by atoms with E-state index >= 15 is 0 Å². The smallest absolute Gasteiger partial charge is 0.408 e. The molecule has 162 valence electrons. The highest BCUT2D eigenvalue weighted by atomic mass is 16.6. The van der Waals surface area contributed by atoms with Gasteiger partial charge < -0.3 is 20.5 Å². The van der Waals surface area contributed by atoms with Crippen LogP contribution in [-0.4, -0.2) is 37.4 Å². The van der Waals surface area contributed by atoms with Gasteiger partial charge in [-0.05, 0) is 94.5 Å². The minimum atomic E-state index is -0.774. The molecule has 0 unspecified atom stereocenters. The summed E-state index contributed by atoms with van der Waals surface area (Å²) in [5.41, 5.74) is 10.3. The molecule has 2 rings (SSSR count). The number of nitrogens with two attached hydrogens (primary N) is 1. The Kier molecular flexibility index (Phi) is 8.50. The zero-order chi connectivity index (χ0) is 21.4. The van der Waals surface area contributed by atoms with Crippen molar-refractivity contribution in [1.29, 1.82) is 0 Å². The summed E-state index contributed by atoms with van der Waals surface area (Å²) >= 11 is 0. The second kappa shape index (κ2) is 10.6. The highest BCUT2D eigenvalue weighted by Crippen LogP contribution is 2.29. The first-order valence-electron chi connectivity index (χ1n) is 10.6. The van der Waals surface area contributed by atoms with Gasteiger partial charge in [0.25, 0.3) is 0 Å². The predicted molar refractivity (Wildman–Crippen MR) is 114 cm³/mol. The molecule has 6 heteroatoms. The van der Waals surface area contributed by atoms with Crippen LogP contribution in [0.5, 0.6) is 0 Å². The van der Waals surface area contributed by atoms with E-state index in [0.29, 0.717) is 6.42 Å². The van der Waals surface area contributed by atoms with Gasteiger partial charge in [-0.3, -0.25) is 0 Å². The third-order valence-electron chi connectivity index (χ3n) is 5.23. The monoisotopic (exact) mass is 404 g/mol. The zero-order valence-electron chi connectivity index (χ0n) is 18.3. The van der Waals surface area contributed by atoms with Gasteiger partial charge in [0.2, 0.25) is 0 Å². The van der Waals surface area contributed by atoms with Crippen molar-refractivity contribution in [1.82, 2.24) is 5.32 Å². The fraction of sp³-hybridized carbons (Fsp3) is 0.652. The van der Waals surface area contributed by atoms with E-state index in [0.717, 1.165) is 50.6 Å². The molecule has 1 amide bonds. The number of nitrogens with one attached hydrogen (secondary N) is 1. The quantitative estimate of drug-likeness (QED) is 0.511. The molecule has 1 aromatic rings. The fourth-order valence-electron chi connectivity index (χ4n) is 3.91. The molecule has 0 spiro atoms. The number of esters is 1. The standard InChI is InChI=1S/C23H36N2O4/c1-23(2,3)29-22(27)25-20(21(26)28-4)15-17-13-12-16(9-7-8-14-24)18-10-5-6-11-19(17)18/h12-13,20H,5-11,14-15,24H2,1-4H3,(H,25,27)/t20-/m0/s1. The maximum absolute atomic E-state index is 12.3. The van der Waals surface area contributed by atoms with Crippen molar-refractivity contribution in [3.05, 3.63) is 34.4 Å². The molecule has 0 aliphatic heterocycles. The van der Waals surface area contributed by atoms with Gasteiger partial charge in [0.15, 0.2) is 0 Å². The van der Waals surface area contributed by atoms with E-state index in [1.807, 2.05) is 0 Å². The Balaban J connectivity index is 2.21. The number of carbonyl (C=O) groups is 2. The molecule has 0 saturated heterocycles. The van der Waals surface area contributed by atoms with Crippen LogP contribution in [0.3, 0.4) is 0 Å². The normalized spacial score (nSPS) is 14.7. The number of unbranched alkanes of at least 4 members (excludes halogenated alkanes) is 1. The molecule has 0 fully saturated rings. The summed E-state index contributed by atoms with van der Waals surface area (Å²) in [6.45, 7) is 6.09. The van der Waals surface area contributed by atoms with Crippen LogP contribution < -0.4 is 11.1 Å². The maximum Gasteiger partial charge on any atom is 0.408 e. The molecule has 6 nitrogen and oxygen atoms in total. The number of hydrogen-bond donors (Lipinski definition) is 2. The summed E-state index contributed by atoms with van der Waals surface area (Å²) in [5.74, 6) is -0.465. The maximum atomic E-state index is 12.3. The summed E-state index contributed by atoms with van der Waals surface area (Å²) < 4.78 is 10.2. The zero-order valence-corrected chi connectivity index (χ0v) is 18.3. The summed E-state index contributed by atoms with van der Waals surface area (Å²) in [6, 6.07) is 3.51. The first kappa shape index (κ1) is 23.2. The van der Waals surface area contributed by atoms with Crippen LogP contribution in [0.15, 0.2) is 12.1 Å². The predicted octanol–water partition coefficient (Wildman–Crippen LogP) is 3.46. The first-order chi connectivity index (χ1) is 13.7. The second-order valence-electron chi connectivity index (χ2n) is 8.72. The molecule has 1 atom stereocenters. The highest BCUT2D eigenvalue weighted by molar-refractivity contribution is 5.81. The number of ether oxygens (including phenoxy) is 2. The second-order valence-corrected chi connectivity index (χ2v) is 8.72. The number of rotatable bonds is 8. The van der Waals surface area contributed by atoms with Crippen molar-refractivity contribution < 1.29 is 19.1 Å². The Labute approximate surface area is 174 Å². The number of amides is 1. The topological polar surface area (TPSA) is 90.6 Å². The third kappa shape index (κ3) is 7.03. The van der Waals surface area contributed by atoms with Crippen LogP contribution in [0, 0.1) is 0 Å². The number of aryl methyl sites for hydroxylation is 1. The molecule has 0 saturated carbocycles. The van der Waals surface area contributed by atoms with Crippen molar-refractivity contribution in [2.75, 3.05) is 13.7 Å². The van der Waals surface area contributed by atoms with E-state index in [9.17, 15) is 9.59 Å². The summed E-state index contributed by atoms with van der Waals surface area (Å²) in [6.07, 6.45) is 7.37. The Hall–Kier alpha value is -2.08. The Morgan fingerprint density at radius 2 is 1.72 bits per heavy atom. The largest absolute Gasteiger partial charge is 0.467 e. The van der Waals surface area contributed by atoms with Crippen LogP contribution in [0.1, 0.15) is 68.7 Å². The minimum Gasteiger partial charge on any atom is -0.467 e. The molecule has 0 aromatic heterocycles. The van der Waals surface area contributed by atoms with E-state index < -0.39 is 23.7 Å². The third-order valence-corrected chi connectivity index (χ3v) is 5.23. The Morgan fingerprint density at radius 3 is 2.31 bits per heavy atom. The molecule has 0 heterocycles. The van der Waals surface area contributed by atoms with Crippen molar-refractivity contribution in [2.24, 2.45) is 5.73 Å². The average Bonchev–Trinajstić information content (AvgIpc) is 2.67. The molecule has 3 N–H and O–H groups in total. The lowest BCUT2D eigenvalue weighted by Crippen LogP contribution is -2.45. The highest BCUT2D eigenvalue weighted by Gasteiger charge is 2.27. The number of methoxy groups -OCH3 is 1. The lowest BCUT2D eigenvalue weighted by Gasteiger charge is -2.26. The molecule has 0 radical (unpaired) electrons. The Bertz CT molecular complexity index is 710. The van der Waals surface area contributed by atoms with Gasteiger partial charge in [0.1, 0.15) is 11.6 Å². The van der Waals surface area contributed by atoms with Crippen molar-refractivity contribution >= 4 is 12.1 Å². The lowest BCUT2D eigenvalue weighted by molar-refractivity contribution is -0.143. The van der Waals surface area contributed by atoms with Crippen LogP contribution in [0.2, 0.25) is 0 Å². The van der Waals surface area contributed by atoms with Crippen molar-refractivity contribution in [3.8, 4) is 0 Å². The van der Waals surface area contributed by atoms with Crippen molar-refractivity contribution in [2.45, 2.75) is 83.8 Å². The van der Waals surface area contributed by atoms with Crippen LogP contribution in [0.25, 0.3) is 0 Å². The minimum absolute atomic E-state index is 0.400. The molecule has 1 aliphatic carbocycles. The number of alkyl carbamates (subject to hydrolysis) is 1. The number of carbonyl (C=O) groups excluding carboxylic acids is 2. The summed E-state index contributed by atoms with van der Waals surface area (Å²) in [5, 5.41) is 2.69. The molecular weight excluding hydrogens is 368 g/mol. The first-order valence-corrected chi connectivity index (χ1v) is 10.6. The van der Waals surface area contributed by atoms with E-state index in [-0.39, 0.29) is 0 Å². The lowest BCUT2D eigenvalue weighted by atomic mass is 9.82. The summed E-state index contributed by atoms with van der Waals surface area (Å²) in [7, 11) is 1.34. The number of benzene rings is 1. The number of hydrogen-bond acceptors (Lipinski definition) is 5. The molecule has 0 bridgehead atoms. The molecule has 1 aromatic carbocycles. The SMILES string of the molecule is COC(=O)[C@H](Cc1ccc(CCCCN)c2c1CCCC2)NC(=O)OC(C)(C)C. The van der Waals surface area contributed by atoms with Gasteiger partial charge in [-0.25, -0.2) is 9.59 Å². The molecule has 1 aliphatic rings. The van der Waals surface area contributed by atoms with Crippen LogP contribution in [-0.2, 0) is 40.0 Å². The van der Waals surface area contributed by atoms with E-state index in [2.05, 4.69) is 17.4 Å². The van der Waals surface area contributed by atoms with Gasteiger partial charge in [-0.2, -0.15) is 0 Å². The van der Waals surface area contributed by atoms with Crippen LogP contribution >= 0.6 is 0 Å². The fourth-order valence-corrected chi connectivity index (χ4v) is 3.91. The number of fused-ring (bicyclic) bond motifs is 1. The van der Waals surface area contributed by atoms with Crippen LogP contribution in [0.4, 0.5) is 4.79 Å². The van der Waals surface area contributed by atoms with Gasteiger partial charge in [0, 0.05) is 6.42 Å². The van der Waals surface area contributed by atoms with E-state index in [4.69, 9.17) is 15.2 Å².